The lowest BCUT2D eigenvalue weighted by Crippen LogP contribution is -2.32. The third-order valence-corrected chi connectivity index (χ3v) is 4.35. The van der Waals surface area contributed by atoms with Crippen molar-refractivity contribution in [2.45, 2.75) is 11.6 Å². The Hall–Kier alpha value is -2.29. The summed E-state index contributed by atoms with van der Waals surface area (Å²) in [4.78, 5) is 12.0. The van der Waals surface area contributed by atoms with Gasteiger partial charge in [0.25, 0.3) is 15.9 Å². The van der Waals surface area contributed by atoms with E-state index in [1.807, 2.05) is 0 Å². The summed E-state index contributed by atoms with van der Waals surface area (Å²) in [5.74, 6) is -0.568. The first-order valence-corrected chi connectivity index (χ1v) is 6.41. The van der Waals surface area contributed by atoms with E-state index in [4.69, 9.17) is 0 Å². The van der Waals surface area contributed by atoms with Gasteiger partial charge in [-0.25, -0.2) is 17.4 Å². The van der Waals surface area contributed by atoms with Crippen molar-refractivity contribution in [3.63, 3.8) is 0 Å². The Labute approximate surface area is 102 Å². The second-order valence-corrected chi connectivity index (χ2v) is 5.48. The highest BCUT2D eigenvalue weighted by atomic mass is 32.2. The number of carbonyl (C=O) groups excluding carboxylic acids is 1. The van der Waals surface area contributed by atoms with Crippen molar-refractivity contribution < 1.29 is 13.2 Å². The molecule has 9 heteroatoms. The number of amides is 1. The zero-order valence-electron chi connectivity index (χ0n) is 8.96. The van der Waals surface area contributed by atoms with Gasteiger partial charge in [-0.2, -0.15) is 0 Å². The molecular weight excluding hydrogens is 258 g/mol. The lowest BCUT2D eigenvalue weighted by atomic mass is 10.2. The van der Waals surface area contributed by atoms with Gasteiger partial charge >= 0.3 is 0 Å². The molecule has 0 aliphatic carbocycles. The van der Waals surface area contributed by atoms with Gasteiger partial charge < -0.3 is 0 Å². The minimum Gasteiger partial charge on any atom is -0.268 e. The Morgan fingerprint density at radius 2 is 2.00 bits per heavy atom. The van der Waals surface area contributed by atoms with Crippen molar-refractivity contribution in [1.82, 2.24) is 24.5 Å². The molecule has 2 heterocycles. The molecule has 2 aromatic rings. The average molecular weight is 265 g/mol. The summed E-state index contributed by atoms with van der Waals surface area (Å²) < 4.78 is 26.2. The van der Waals surface area contributed by atoms with Crippen LogP contribution in [-0.2, 0) is 16.7 Å². The number of tetrazole rings is 1. The first-order chi connectivity index (χ1) is 8.60. The summed E-state index contributed by atoms with van der Waals surface area (Å²) >= 11 is 0. The lowest BCUT2D eigenvalue weighted by molar-refractivity contribution is 0.0839. The highest BCUT2D eigenvalue weighted by Crippen LogP contribution is 2.29. The molecule has 3 rings (SSSR count). The average Bonchev–Trinajstić information content (AvgIpc) is 2.93. The topological polar surface area (TPSA) is 98.1 Å². The van der Waals surface area contributed by atoms with Gasteiger partial charge in [-0.05, 0) is 22.6 Å². The van der Waals surface area contributed by atoms with Gasteiger partial charge in [-0.1, -0.05) is 12.1 Å². The highest BCUT2D eigenvalue weighted by molar-refractivity contribution is 7.90. The van der Waals surface area contributed by atoms with Crippen LogP contribution in [0.4, 0.5) is 0 Å². The predicted molar refractivity (Wildman–Crippen MR) is 57.6 cm³/mol. The van der Waals surface area contributed by atoms with E-state index in [-0.39, 0.29) is 17.1 Å². The van der Waals surface area contributed by atoms with Crippen LogP contribution in [0.5, 0.6) is 0 Å². The number of sulfonamides is 1. The van der Waals surface area contributed by atoms with Gasteiger partial charge in [0.15, 0.2) is 0 Å². The van der Waals surface area contributed by atoms with Crippen molar-refractivity contribution in [2.24, 2.45) is 0 Å². The number of aromatic nitrogens is 4. The molecule has 1 amide bonds. The molecular formula is C9H7N5O3S. The van der Waals surface area contributed by atoms with Gasteiger partial charge in [0.2, 0.25) is 0 Å². The van der Waals surface area contributed by atoms with E-state index in [1.54, 1.807) is 12.1 Å². The number of hydrogen-bond donors (Lipinski definition) is 0. The number of benzene rings is 1. The quantitative estimate of drug-likeness (QED) is 0.724. The first-order valence-electron chi connectivity index (χ1n) is 4.97. The van der Waals surface area contributed by atoms with E-state index in [2.05, 4.69) is 15.5 Å². The van der Waals surface area contributed by atoms with Crippen LogP contribution in [0, 0.1) is 0 Å². The first kappa shape index (κ1) is 10.8. The van der Waals surface area contributed by atoms with Crippen molar-refractivity contribution in [3.05, 3.63) is 36.2 Å². The largest absolute Gasteiger partial charge is 0.270 e. The van der Waals surface area contributed by atoms with Crippen molar-refractivity contribution in [1.29, 1.82) is 0 Å². The van der Waals surface area contributed by atoms with Crippen LogP contribution in [0.15, 0.2) is 35.5 Å². The third kappa shape index (κ3) is 1.40. The summed E-state index contributed by atoms with van der Waals surface area (Å²) in [5.41, 5.74) is 0.172. The number of hydrogen-bond acceptors (Lipinski definition) is 6. The van der Waals surface area contributed by atoms with E-state index < -0.39 is 15.9 Å². The second-order valence-electron chi connectivity index (χ2n) is 3.65. The van der Waals surface area contributed by atoms with Crippen molar-refractivity contribution in [3.8, 4) is 0 Å². The molecule has 0 bridgehead atoms. The molecule has 0 radical (unpaired) electrons. The van der Waals surface area contributed by atoms with E-state index in [1.165, 1.54) is 23.1 Å². The summed E-state index contributed by atoms with van der Waals surface area (Å²) in [6.45, 7) is -0.233. The maximum atomic E-state index is 12.1. The van der Waals surface area contributed by atoms with Crippen molar-refractivity contribution >= 4 is 15.9 Å². The Morgan fingerprint density at radius 1 is 1.22 bits per heavy atom. The Bertz CT molecular complexity index is 710. The Morgan fingerprint density at radius 3 is 2.67 bits per heavy atom. The zero-order chi connectivity index (χ0) is 12.8. The van der Waals surface area contributed by atoms with Gasteiger partial charge in [0.1, 0.15) is 17.9 Å². The number of rotatable bonds is 2. The van der Waals surface area contributed by atoms with E-state index >= 15 is 0 Å². The fraction of sp³-hybridized carbons (Fsp3) is 0.111. The van der Waals surface area contributed by atoms with Gasteiger partial charge in [0.05, 0.1) is 5.56 Å². The molecule has 0 fully saturated rings. The van der Waals surface area contributed by atoms with Crippen LogP contribution in [0.2, 0.25) is 0 Å². The van der Waals surface area contributed by atoms with E-state index in [0.29, 0.717) is 0 Å². The van der Waals surface area contributed by atoms with Crippen LogP contribution in [0.25, 0.3) is 0 Å². The molecule has 0 saturated heterocycles. The smallest absolute Gasteiger partial charge is 0.268 e. The minimum absolute atomic E-state index is 0.0167. The maximum absolute atomic E-state index is 12.1. The fourth-order valence-corrected chi connectivity index (χ4v) is 3.26. The van der Waals surface area contributed by atoms with E-state index in [0.717, 1.165) is 4.31 Å². The van der Waals surface area contributed by atoms with E-state index in [9.17, 15) is 13.2 Å². The molecule has 8 nitrogen and oxygen atoms in total. The summed E-state index contributed by atoms with van der Waals surface area (Å²) in [7, 11) is -3.80. The van der Waals surface area contributed by atoms with Gasteiger partial charge in [-0.15, -0.1) is 5.10 Å². The van der Waals surface area contributed by atoms with Crippen LogP contribution in [0.1, 0.15) is 10.4 Å². The van der Waals surface area contributed by atoms with Crippen molar-refractivity contribution in [2.75, 3.05) is 0 Å². The number of carbonyl (C=O) groups is 1. The monoisotopic (exact) mass is 265 g/mol. The SMILES string of the molecule is O=C1c2ccccc2S(=O)(=O)N1Cn1cnnn1. The van der Waals surface area contributed by atoms with Gasteiger partial charge in [0, 0.05) is 0 Å². The molecule has 0 spiro atoms. The molecule has 1 aliphatic rings. The molecule has 0 atom stereocenters. The summed E-state index contributed by atoms with van der Waals surface area (Å²) in [5, 5.41) is 10.3. The molecule has 1 aliphatic heterocycles. The summed E-state index contributed by atoms with van der Waals surface area (Å²) in [6, 6.07) is 6.08. The third-order valence-electron chi connectivity index (χ3n) is 2.58. The fourth-order valence-electron chi connectivity index (χ4n) is 1.75. The van der Waals surface area contributed by atoms with Gasteiger partial charge in [-0.3, -0.25) is 4.79 Å². The molecule has 92 valence electrons. The van der Waals surface area contributed by atoms with Crippen LogP contribution < -0.4 is 0 Å². The van der Waals surface area contributed by atoms with Crippen LogP contribution in [-0.4, -0.2) is 38.8 Å². The molecule has 1 aromatic carbocycles. The molecule has 1 aromatic heterocycles. The molecule has 18 heavy (non-hydrogen) atoms. The zero-order valence-corrected chi connectivity index (χ0v) is 9.78. The Balaban J connectivity index is 2.07. The minimum atomic E-state index is -3.80. The highest BCUT2D eigenvalue weighted by Gasteiger charge is 2.41. The molecule has 0 saturated carbocycles. The molecule has 0 N–H and O–H groups in total. The van der Waals surface area contributed by atoms with Crippen LogP contribution >= 0.6 is 0 Å². The maximum Gasteiger partial charge on any atom is 0.270 e. The normalized spacial score (nSPS) is 16.9. The second kappa shape index (κ2) is 3.60. The number of fused-ring (bicyclic) bond motifs is 1. The molecule has 0 unspecified atom stereocenters. The summed E-state index contributed by atoms with van der Waals surface area (Å²) in [6.07, 6.45) is 1.24. The lowest BCUT2D eigenvalue weighted by Gasteiger charge is -2.13. The standard InChI is InChI=1S/C9H7N5O3S/c15-9-7-3-1-2-4-8(7)18(16,17)14(9)6-13-5-10-11-12-13/h1-5H,6H2. The van der Waals surface area contributed by atoms with Crippen LogP contribution in [0.3, 0.4) is 0 Å². The predicted octanol–water partition coefficient (Wildman–Crippen LogP) is -0.525. The number of nitrogens with zero attached hydrogens (tertiary/aromatic N) is 5. The Kier molecular flexibility index (Phi) is 2.17.